The molecule has 1 saturated heterocycles. The van der Waals surface area contributed by atoms with Crippen molar-refractivity contribution in [2.75, 3.05) is 28.2 Å². The standard InChI is InChI=1S/C23H21ClFN3O3/c24-17-2-1-3-18(21(17)25)26-22(30)15-11-20(29)28(12-15)16-6-7-19-14(10-16)8-9-27(19)23(31)13-4-5-13/h1-3,6-7,10,13,15H,4-5,8-9,11-12H2,(H,26,30)/t15-/m0/s1. The number of nitrogens with one attached hydrogen (secondary N) is 1. The highest BCUT2D eigenvalue weighted by atomic mass is 35.5. The molecule has 0 aromatic heterocycles. The first-order valence-corrected chi connectivity index (χ1v) is 10.8. The van der Waals surface area contributed by atoms with Gasteiger partial charge >= 0.3 is 0 Å². The largest absolute Gasteiger partial charge is 0.323 e. The second kappa shape index (κ2) is 7.64. The molecule has 2 aromatic rings. The van der Waals surface area contributed by atoms with E-state index in [4.69, 9.17) is 11.6 Å². The van der Waals surface area contributed by atoms with E-state index in [2.05, 4.69) is 5.32 Å². The van der Waals surface area contributed by atoms with Gasteiger partial charge in [-0.05, 0) is 55.2 Å². The monoisotopic (exact) mass is 441 g/mol. The summed E-state index contributed by atoms with van der Waals surface area (Å²) in [5.41, 5.74) is 2.67. The average Bonchev–Trinajstić information content (AvgIpc) is 3.41. The number of fused-ring (bicyclic) bond motifs is 1. The summed E-state index contributed by atoms with van der Waals surface area (Å²) in [7, 11) is 0. The van der Waals surface area contributed by atoms with Crippen molar-refractivity contribution in [1.29, 1.82) is 0 Å². The number of carbonyl (C=O) groups is 3. The SMILES string of the molecule is O=C(Nc1cccc(Cl)c1F)[C@H]1CC(=O)N(c2ccc3c(c2)CCN3C(=O)C2CC2)C1. The Bertz CT molecular complexity index is 1100. The maximum atomic E-state index is 14.1. The van der Waals surface area contributed by atoms with Crippen molar-refractivity contribution >= 4 is 46.4 Å². The summed E-state index contributed by atoms with van der Waals surface area (Å²) in [6.07, 6.45) is 2.74. The fraction of sp³-hybridized carbons (Fsp3) is 0.348. The zero-order valence-electron chi connectivity index (χ0n) is 16.7. The molecule has 0 spiro atoms. The van der Waals surface area contributed by atoms with Crippen LogP contribution in [-0.2, 0) is 20.8 Å². The average molecular weight is 442 g/mol. The normalized spacial score (nSPS) is 20.2. The number of hydrogen-bond donors (Lipinski definition) is 1. The van der Waals surface area contributed by atoms with Gasteiger partial charge in [0.25, 0.3) is 0 Å². The molecule has 1 N–H and O–H groups in total. The van der Waals surface area contributed by atoms with E-state index >= 15 is 0 Å². The van der Waals surface area contributed by atoms with E-state index in [-0.39, 0.29) is 41.4 Å². The van der Waals surface area contributed by atoms with Crippen LogP contribution in [0.5, 0.6) is 0 Å². The molecule has 2 fully saturated rings. The Labute approximate surface area is 184 Å². The van der Waals surface area contributed by atoms with Crippen LogP contribution in [0.15, 0.2) is 36.4 Å². The zero-order chi connectivity index (χ0) is 21.7. The minimum Gasteiger partial charge on any atom is -0.323 e. The second-order valence-corrected chi connectivity index (χ2v) is 8.73. The molecule has 0 unspecified atom stereocenters. The minimum atomic E-state index is -0.692. The molecule has 1 saturated carbocycles. The first kappa shape index (κ1) is 20.0. The number of hydrogen-bond acceptors (Lipinski definition) is 3. The summed E-state index contributed by atoms with van der Waals surface area (Å²) < 4.78 is 14.1. The molecule has 2 aliphatic heterocycles. The third kappa shape index (κ3) is 3.67. The van der Waals surface area contributed by atoms with Crippen molar-refractivity contribution in [3.8, 4) is 0 Å². The predicted molar refractivity (Wildman–Crippen MR) is 116 cm³/mol. The molecular weight excluding hydrogens is 421 g/mol. The van der Waals surface area contributed by atoms with E-state index in [1.54, 1.807) is 11.0 Å². The van der Waals surface area contributed by atoms with Crippen LogP contribution in [-0.4, -0.2) is 30.8 Å². The Balaban J connectivity index is 1.30. The van der Waals surface area contributed by atoms with E-state index < -0.39 is 17.6 Å². The maximum absolute atomic E-state index is 14.1. The Kier molecular flexibility index (Phi) is 4.93. The van der Waals surface area contributed by atoms with Crippen LogP contribution in [0.2, 0.25) is 5.02 Å². The van der Waals surface area contributed by atoms with E-state index in [9.17, 15) is 18.8 Å². The highest BCUT2D eigenvalue weighted by Crippen LogP contribution is 2.38. The summed E-state index contributed by atoms with van der Waals surface area (Å²) in [4.78, 5) is 41.1. The van der Waals surface area contributed by atoms with Crippen molar-refractivity contribution < 1.29 is 18.8 Å². The van der Waals surface area contributed by atoms with Gasteiger partial charge in [-0.3, -0.25) is 14.4 Å². The number of rotatable bonds is 4. The van der Waals surface area contributed by atoms with Crippen molar-refractivity contribution in [3.63, 3.8) is 0 Å². The Hall–Kier alpha value is -2.93. The Morgan fingerprint density at radius 3 is 2.71 bits per heavy atom. The van der Waals surface area contributed by atoms with Crippen molar-refractivity contribution in [2.24, 2.45) is 11.8 Å². The molecule has 2 aromatic carbocycles. The van der Waals surface area contributed by atoms with Crippen LogP contribution in [0.25, 0.3) is 0 Å². The molecule has 31 heavy (non-hydrogen) atoms. The third-order valence-corrected chi connectivity index (χ3v) is 6.46. The van der Waals surface area contributed by atoms with Gasteiger partial charge in [-0.25, -0.2) is 4.39 Å². The van der Waals surface area contributed by atoms with Crippen LogP contribution in [0, 0.1) is 17.7 Å². The number of amides is 3. The first-order chi connectivity index (χ1) is 14.9. The Morgan fingerprint density at radius 2 is 1.94 bits per heavy atom. The quantitative estimate of drug-likeness (QED) is 0.785. The fourth-order valence-electron chi connectivity index (χ4n) is 4.30. The lowest BCUT2D eigenvalue weighted by molar-refractivity contribution is -0.122. The summed E-state index contributed by atoms with van der Waals surface area (Å²) in [5.74, 6) is -1.51. The molecule has 0 bridgehead atoms. The molecular formula is C23H21ClFN3O3. The third-order valence-electron chi connectivity index (χ3n) is 6.17. The lowest BCUT2D eigenvalue weighted by Crippen LogP contribution is -2.30. The van der Waals surface area contributed by atoms with Gasteiger partial charge in [0.1, 0.15) is 0 Å². The number of halogens is 2. The highest BCUT2D eigenvalue weighted by molar-refractivity contribution is 6.31. The van der Waals surface area contributed by atoms with Crippen LogP contribution in [0.4, 0.5) is 21.5 Å². The highest BCUT2D eigenvalue weighted by Gasteiger charge is 2.38. The van der Waals surface area contributed by atoms with E-state index in [1.165, 1.54) is 12.1 Å². The van der Waals surface area contributed by atoms with Gasteiger partial charge in [-0.2, -0.15) is 0 Å². The molecule has 3 aliphatic rings. The van der Waals surface area contributed by atoms with Crippen molar-refractivity contribution in [2.45, 2.75) is 25.7 Å². The van der Waals surface area contributed by atoms with Crippen molar-refractivity contribution in [1.82, 2.24) is 0 Å². The summed E-state index contributed by atoms with van der Waals surface area (Å²) in [6, 6.07) is 10.0. The van der Waals surface area contributed by atoms with Crippen LogP contribution < -0.4 is 15.1 Å². The van der Waals surface area contributed by atoms with Gasteiger partial charge < -0.3 is 15.1 Å². The molecule has 2 heterocycles. The van der Waals surface area contributed by atoms with Crippen LogP contribution in [0.3, 0.4) is 0 Å². The minimum absolute atomic E-state index is 0.00125. The summed E-state index contributed by atoms with van der Waals surface area (Å²) in [6.45, 7) is 0.884. The zero-order valence-corrected chi connectivity index (χ0v) is 17.5. The van der Waals surface area contributed by atoms with E-state index in [0.717, 1.165) is 30.5 Å². The van der Waals surface area contributed by atoms with Gasteiger partial charge in [0.05, 0.1) is 16.6 Å². The second-order valence-electron chi connectivity index (χ2n) is 8.32. The van der Waals surface area contributed by atoms with E-state index in [1.807, 2.05) is 23.1 Å². The molecule has 160 valence electrons. The van der Waals surface area contributed by atoms with Gasteiger partial charge in [-0.15, -0.1) is 0 Å². The number of benzene rings is 2. The first-order valence-electron chi connectivity index (χ1n) is 10.4. The van der Waals surface area contributed by atoms with E-state index in [0.29, 0.717) is 12.2 Å². The predicted octanol–water partition coefficient (Wildman–Crippen LogP) is 3.77. The molecule has 0 radical (unpaired) electrons. The summed E-state index contributed by atoms with van der Waals surface area (Å²) in [5, 5.41) is 2.47. The van der Waals surface area contributed by atoms with Crippen LogP contribution in [0.1, 0.15) is 24.8 Å². The molecule has 6 nitrogen and oxygen atoms in total. The van der Waals surface area contributed by atoms with Gasteiger partial charge in [0.15, 0.2) is 5.82 Å². The molecule has 8 heteroatoms. The smallest absolute Gasteiger partial charge is 0.230 e. The number of carbonyl (C=O) groups excluding carboxylic acids is 3. The summed E-state index contributed by atoms with van der Waals surface area (Å²) >= 11 is 5.77. The molecule has 5 rings (SSSR count). The topological polar surface area (TPSA) is 69.7 Å². The molecule has 1 aliphatic carbocycles. The van der Waals surface area contributed by atoms with Gasteiger partial charge in [0.2, 0.25) is 17.7 Å². The molecule has 3 amide bonds. The lowest BCUT2D eigenvalue weighted by atomic mass is 10.1. The number of anilines is 3. The Morgan fingerprint density at radius 1 is 1.13 bits per heavy atom. The fourth-order valence-corrected chi connectivity index (χ4v) is 4.48. The van der Waals surface area contributed by atoms with Gasteiger partial charge in [-0.1, -0.05) is 17.7 Å². The maximum Gasteiger partial charge on any atom is 0.230 e. The van der Waals surface area contributed by atoms with Crippen LogP contribution >= 0.6 is 11.6 Å². The van der Waals surface area contributed by atoms with Gasteiger partial charge in [0, 0.05) is 36.8 Å². The molecule has 1 atom stereocenters. The number of nitrogens with zero attached hydrogens (tertiary/aromatic N) is 2. The lowest BCUT2D eigenvalue weighted by Gasteiger charge is -2.20. The van der Waals surface area contributed by atoms with Crippen molar-refractivity contribution in [3.05, 3.63) is 52.8 Å².